The number of morpholine rings is 1. The van der Waals surface area contributed by atoms with E-state index >= 15 is 0 Å². The molecule has 4 atom stereocenters. The molecule has 0 aromatic heterocycles. The Balaban J connectivity index is 1.50. The molecule has 1 aliphatic carbocycles. The summed E-state index contributed by atoms with van der Waals surface area (Å²) in [4.78, 5) is 45.5. The number of nitrogens with zero attached hydrogens (tertiary/aromatic N) is 2. The lowest BCUT2D eigenvalue weighted by Crippen LogP contribution is -2.66. The molecule has 2 saturated heterocycles. The summed E-state index contributed by atoms with van der Waals surface area (Å²) in [7, 11) is 3.14. The van der Waals surface area contributed by atoms with Gasteiger partial charge in [-0.25, -0.2) is 4.79 Å². The van der Waals surface area contributed by atoms with E-state index < -0.39 is 40.6 Å². The van der Waals surface area contributed by atoms with Crippen molar-refractivity contribution in [3.63, 3.8) is 0 Å². The molecule has 49 heavy (non-hydrogen) atoms. The van der Waals surface area contributed by atoms with Crippen LogP contribution in [0.2, 0.25) is 0 Å². The van der Waals surface area contributed by atoms with Crippen molar-refractivity contribution in [3.8, 4) is 17.2 Å². The maximum atomic E-state index is 14.3. The minimum absolute atomic E-state index is 0.115. The number of Topliss-reactive ketones (excluding diaryl/α,β-unsaturated/α-hetero) is 1. The van der Waals surface area contributed by atoms with Crippen molar-refractivity contribution in [1.82, 2.24) is 9.80 Å². The second kappa shape index (κ2) is 16.4. The largest absolute Gasteiger partial charge is 0.493 e. The number of aliphatic hydroxyl groups is 1. The second-order valence-electron chi connectivity index (χ2n) is 13.7. The number of likely N-dealkylation sites (tertiary alicyclic amines) is 1. The van der Waals surface area contributed by atoms with Crippen molar-refractivity contribution in [2.75, 3.05) is 60.2 Å². The summed E-state index contributed by atoms with van der Waals surface area (Å²) in [5.41, 5.74) is -1.90. The van der Waals surface area contributed by atoms with Gasteiger partial charge in [0, 0.05) is 32.1 Å². The highest BCUT2D eigenvalue weighted by Crippen LogP contribution is 2.46. The average Bonchev–Trinajstić information content (AvgIpc) is 3.13. The van der Waals surface area contributed by atoms with Gasteiger partial charge in [0.05, 0.1) is 27.4 Å². The Morgan fingerprint density at radius 1 is 0.959 bits per heavy atom. The van der Waals surface area contributed by atoms with Crippen molar-refractivity contribution in [3.05, 3.63) is 53.6 Å². The van der Waals surface area contributed by atoms with Crippen LogP contribution in [-0.2, 0) is 25.5 Å². The summed E-state index contributed by atoms with van der Waals surface area (Å²) in [6, 6.07) is 13.1. The SMILES string of the molecule is COc1ccc(CC[C@H](c2cccc(OCCN3CCOCC3)c2)[C@]2(C(=O)O)CCCCN2C(=O)C(=O)[C@]2(O)CCCC[C@H]2C)cc1OC. The van der Waals surface area contributed by atoms with Gasteiger partial charge in [-0.15, -0.1) is 0 Å². The smallest absolute Gasteiger partial charge is 0.330 e. The summed E-state index contributed by atoms with van der Waals surface area (Å²) >= 11 is 0. The number of piperidine rings is 1. The van der Waals surface area contributed by atoms with Gasteiger partial charge in [0.1, 0.15) is 23.5 Å². The van der Waals surface area contributed by atoms with Crippen molar-refractivity contribution < 1.29 is 43.5 Å². The van der Waals surface area contributed by atoms with Crippen LogP contribution in [0.3, 0.4) is 0 Å². The molecule has 0 bridgehead atoms. The highest BCUT2D eigenvalue weighted by molar-refractivity contribution is 6.39. The van der Waals surface area contributed by atoms with Gasteiger partial charge in [-0.1, -0.05) is 38.0 Å². The number of rotatable bonds is 14. The average molecular weight is 681 g/mol. The maximum absolute atomic E-state index is 14.3. The van der Waals surface area contributed by atoms with E-state index in [-0.39, 0.29) is 19.4 Å². The summed E-state index contributed by atoms with van der Waals surface area (Å²) < 4.78 is 22.6. The normalized spacial score (nSPS) is 25.3. The molecule has 1 amide bonds. The third-order valence-electron chi connectivity index (χ3n) is 10.9. The minimum Gasteiger partial charge on any atom is -0.493 e. The lowest BCUT2D eigenvalue weighted by atomic mass is 9.69. The third-order valence-corrected chi connectivity index (χ3v) is 10.9. The molecule has 2 aromatic rings. The number of aliphatic carboxylic acids is 1. The first-order valence-electron chi connectivity index (χ1n) is 17.7. The molecule has 0 spiro atoms. The van der Waals surface area contributed by atoms with E-state index in [0.717, 1.165) is 31.6 Å². The van der Waals surface area contributed by atoms with E-state index in [0.29, 0.717) is 81.2 Å². The van der Waals surface area contributed by atoms with Crippen LogP contribution in [0.4, 0.5) is 0 Å². The molecular weight excluding hydrogens is 628 g/mol. The second-order valence-corrected chi connectivity index (χ2v) is 13.7. The molecular formula is C38H52N2O9. The number of carbonyl (C=O) groups is 3. The number of hydrogen-bond donors (Lipinski definition) is 2. The monoisotopic (exact) mass is 680 g/mol. The molecule has 11 nitrogen and oxygen atoms in total. The quantitative estimate of drug-likeness (QED) is 0.275. The molecule has 0 radical (unpaired) electrons. The van der Waals surface area contributed by atoms with Crippen LogP contribution in [0.5, 0.6) is 17.2 Å². The highest BCUT2D eigenvalue weighted by Gasteiger charge is 2.57. The maximum Gasteiger partial charge on any atom is 0.330 e. The van der Waals surface area contributed by atoms with Gasteiger partial charge in [0.15, 0.2) is 11.5 Å². The molecule has 3 aliphatic rings. The van der Waals surface area contributed by atoms with Gasteiger partial charge in [0.2, 0.25) is 0 Å². The lowest BCUT2D eigenvalue weighted by molar-refractivity contribution is -0.173. The predicted molar refractivity (Wildman–Crippen MR) is 183 cm³/mol. The van der Waals surface area contributed by atoms with Crippen molar-refractivity contribution in [2.45, 2.75) is 81.8 Å². The Bertz CT molecular complexity index is 1460. The Morgan fingerprint density at radius 2 is 1.71 bits per heavy atom. The fraction of sp³-hybridized carbons (Fsp3) is 0.605. The van der Waals surface area contributed by atoms with Crippen molar-refractivity contribution in [1.29, 1.82) is 0 Å². The standard InChI is InChI=1S/C38H52N2O9/c1-27-9-4-5-17-38(27,45)34(41)35(42)40-18-7-6-16-37(40,36(43)44)31(14-12-28-13-15-32(46-2)33(25-28)47-3)29-10-8-11-30(26-29)49-24-21-39-19-22-48-23-20-39/h8,10-11,13,15,25-27,31,45H,4-7,9,12,14,16-24H2,1-3H3,(H,43,44)/t27-,31-,37+,38+/m1/s1. The van der Waals surface area contributed by atoms with E-state index in [2.05, 4.69) is 4.90 Å². The number of ether oxygens (including phenoxy) is 4. The molecule has 268 valence electrons. The fourth-order valence-electron chi connectivity index (χ4n) is 7.96. The summed E-state index contributed by atoms with van der Waals surface area (Å²) in [5, 5.41) is 22.7. The summed E-state index contributed by atoms with van der Waals surface area (Å²) in [6.45, 7) is 6.19. The first kappa shape index (κ1) is 36.6. The molecule has 1 saturated carbocycles. The number of aryl methyl sites for hydroxylation is 1. The van der Waals surface area contributed by atoms with Crippen LogP contribution in [0.1, 0.15) is 75.3 Å². The Hall–Kier alpha value is -3.67. The van der Waals surface area contributed by atoms with Crippen LogP contribution in [0.25, 0.3) is 0 Å². The molecule has 2 heterocycles. The van der Waals surface area contributed by atoms with E-state index in [9.17, 15) is 24.6 Å². The van der Waals surface area contributed by atoms with Crippen LogP contribution in [-0.4, -0.2) is 109 Å². The summed E-state index contributed by atoms with van der Waals surface area (Å²) in [6.07, 6.45) is 4.48. The molecule has 0 unspecified atom stereocenters. The topological polar surface area (TPSA) is 135 Å². The van der Waals surface area contributed by atoms with Gasteiger partial charge < -0.3 is 34.1 Å². The molecule has 3 fully saturated rings. The van der Waals surface area contributed by atoms with Crippen LogP contribution in [0.15, 0.2) is 42.5 Å². The van der Waals surface area contributed by atoms with Crippen LogP contribution >= 0.6 is 0 Å². The van der Waals surface area contributed by atoms with E-state index in [1.54, 1.807) is 21.1 Å². The number of carbonyl (C=O) groups excluding carboxylic acids is 2. The van der Waals surface area contributed by atoms with E-state index in [1.165, 1.54) is 4.90 Å². The Kier molecular flexibility index (Phi) is 12.2. The van der Waals surface area contributed by atoms with E-state index in [4.69, 9.17) is 18.9 Å². The number of carboxylic acid groups (broad SMARTS) is 1. The van der Waals surface area contributed by atoms with Gasteiger partial charge in [-0.2, -0.15) is 0 Å². The minimum atomic E-state index is -1.81. The number of benzene rings is 2. The molecule has 2 aromatic carbocycles. The first-order valence-corrected chi connectivity index (χ1v) is 17.7. The number of carboxylic acids is 1. The van der Waals surface area contributed by atoms with E-state index in [1.807, 2.05) is 42.5 Å². The zero-order chi connectivity index (χ0) is 35.0. The molecule has 11 heteroatoms. The van der Waals surface area contributed by atoms with Gasteiger partial charge in [-0.3, -0.25) is 14.5 Å². The fourth-order valence-corrected chi connectivity index (χ4v) is 7.96. The number of amides is 1. The highest BCUT2D eigenvalue weighted by atomic mass is 16.5. The number of hydrogen-bond acceptors (Lipinski definition) is 9. The van der Waals surface area contributed by atoms with Crippen molar-refractivity contribution in [2.24, 2.45) is 5.92 Å². The molecule has 5 rings (SSSR count). The number of methoxy groups -OCH3 is 2. The zero-order valence-corrected chi connectivity index (χ0v) is 29.2. The third kappa shape index (κ3) is 7.89. The first-order chi connectivity index (χ1) is 23.6. The molecule has 2 N–H and O–H groups in total. The summed E-state index contributed by atoms with van der Waals surface area (Å²) in [5.74, 6) is -2.30. The number of ketones is 1. The van der Waals surface area contributed by atoms with Gasteiger partial charge >= 0.3 is 5.97 Å². The predicted octanol–water partition coefficient (Wildman–Crippen LogP) is 4.48. The lowest BCUT2D eigenvalue weighted by Gasteiger charge is -2.49. The zero-order valence-electron chi connectivity index (χ0n) is 29.2. The van der Waals surface area contributed by atoms with Crippen molar-refractivity contribution >= 4 is 17.7 Å². The Morgan fingerprint density at radius 3 is 2.43 bits per heavy atom. The van der Waals surface area contributed by atoms with Crippen LogP contribution in [0, 0.1) is 5.92 Å². The van der Waals surface area contributed by atoms with Gasteiger partial charge in [0.25, 0.3) is 11.7 Å². The molecule has 2 aliphatic heterocycles. The van der Waals surface area contributed by atoms with Crippen LogP contribution < -0.4 is 14.2 Å². The van der Waals surface area contributed by atoms with Gasteiger partial charge in [-0.05, 0) is 86.3 Å². The Labute approximate surface area is 289 Å².